The Bertz CT molecular complexity index is 1000. The maximum atomic E-state index is 12.6. The molecule has 0 radical (unpaired) electrons. The molecule has 0 spiro atoms. The Labute approximate surface area is 168 Å². The minimum absolute atomic E-state index is 0.287. The van der Waals surface area contributed by atoms with E-state index in [1.165, 1.54) is 0 Å². The third-order valence-electron chi connectivity index (χ3n) is 4.02. The molecule has 1 aromatic heterocycles. The first kappa shape index (κ1) is 19.9. The molecule has 2 N–H and O–H groups in total. The number of methoxy groups -OCH3 is 1. The fourth-order valence-corrected chi connectivity index (χ4v) is 2.60. The Morgan fingerprint density at radius 1 is 0.966 bits per heavy atom. The first-order valence-electron chi connectivity index (χ1n) is 9.04. The van der Waals surface area contributed by atoms with E-state index in [2.05, 4.69) is 15.6 Å². The summed E-state index contributed by atoms with van der Waals surface area (Å²) in [6.07, 6.45) is 1.56. The van der Waals surface area contributed by atoms with Gasteiger partial charge in [-0.25, -0.2) is 9.78 Å². The molecule has 0 aliphatic heterocycles. The van der Waals surface area contributed by atoms with Gasteiger partial charge in [0.15, 0.2) is 0 Å². The molecule has 0 unspecified atom stereocenters. The maximum Gasteiger partial charge on any atom is 0.338 e. The quantitative estimate of drug-likeness (QED) is 0.585. The Kier molecular flexibility index (Phi) is 6.42. The maximum absolute atomic E-state index is 12.6. The van der Waals surface area contributed by atoms with Crippen LogP contribution in [0.4, 0.5) is 17.2 Å². The van der Waals surface area contributed by atoms with E-state index >= 15 is 0 Å². The van der Waals surface area contributed by atoms with E-state index in [-0.39, 0.29) is 5.91 Å². The lowest BCUT2D eigenvalue weighted by molar-refractivity contribution is 0.0526. The van der Waals surface area contributed by atoms with Crippen molar-refractivity contribution >= 4 is 29.1 Å². The number of rotatable bonds is 7. The number of benzene rings is 2. The highest BCUT2D eigenvalue weighted by Gasteiger charge is 2.10. The topological polar surface area (TPSA) is 89.5 Å². The van der Waals surface area contributed by atoms with E-state index in [4.69, 9.17) is 9.47 Å². The van der Waals surface area contributed by atoms with Crippen LogP contribution in [0.15, 0.2) is 66.9 Å². The van der Waals surface area contributed by atoms with Gasteiger partial charge in [-0.05, 0) is 55.5 Å². The van der Waals surface area contributed by atoms with Crippen molar-refractivity contribution in [3.63, 3.8) is 0 Å². The standard InChI is InChI=1S/C22H21N3O4/c1-3-29-22(27)15-7-9-17(10-8-15)25-21(26)16-11-12-23-20(13-16)24-18-5-4-6-19(14-18)28-2/h4-14H,3H2,1-2H3,(H,23,24)(H,25,26). The Hall–Kier alpha value is -3.87. The molecule has 0 bridgehead atoms. The number of esters is 1. The zero-order valence-electron chi connectivity index (χ0n) is 16.1. The number of hydrogen-bond donors (Lipinski definition) is 2. The van der Waals surface area contributed by atoms with E-state index in [1.807, 2.05) is 24.3 Å². The van der Waals surface area contributed by atoms with Crippen molar-refractivity contribution in [2.24, 2.45) is 0 Å². The van der Waals surface area contributed by atoms with Crippen LogP contribution < -0.4 is 15.4 Å². The Morgan fingerprint density at radius 3 is 2.48 bits per heavy atom. The van der Waals surface area contributed by atoms with Crippen LogP contribution in [0.3, 0.4) is 0 Å². The van der Waals surface area contributed by atoms with Gasteiger partial charge in [-0.15, -0.1) is 0 Å². The first-order chi connectivity index (χ1) is 14.1. The van der Waals surface area contributed by atoms with Crippen molar-refractivity contribution in [2.45, 2.75) is 6.92 Å². The van der Waals surface area contributed by atoms with E-state index in [0.29, 0.717) is 29.2 Å². The number of pyridine rings is 1. The first-order valence-corrected chi connectivity index (χ1v) is 9.04. The summed E-state index contributed by atoms with van der Waals surface area (Å²) in [7, 11) is 1.60. The van der Waals surface area contributed by atoms with Crippen LogP contribution in [0.1, 0.15) is 27.6 Å². The average molecular weight is 391 g/mol. The number of anilines is 3. The summed E-state index contributed by atoms with van der Waals surface area (Å²) in [4.78, 5) is 28.5. The summed E-state index contributed by atoms with van der Waals surface area (Å²) in [5, 5.41) is 5.95. The number of aromatic nitrogens is 1. The van der Waals surface area contributed by atoms with Crippen LogP contribution >= 0.6 is 0 Å². The normalized spacial score (nSPS) is 10.1. The highest BCUT2D eigenvalue weighted by atomic mass is 16.5. The van der Waals surface area contributed by atoms with Crippen molar-refractivity contribution in [3.05, 3.63) is 78.0 Å². The van der Waals surface area contributed by atoms with Crippen molar-refractivity contribution in [2.75, 3.05) is 24.4 Å². The molecule has 3 rings (SSSR count). The second-order valence-electron chi connectivity index (χ2n) is 6.04. The second kappa shape index (κ2) is 9.36. The summed E-state index contributed by atoms with van der Waals surface area (Å²) in [5.74, 6) is 0.566. The third kappa shape index (κ3) is 5.32. The lowest BCUT2D eigenvalue weighted by atomic mass is 10.2. The molecule has 1 heterocycles. The van der Waals surface area contributed by atoms with Crippen molar-refractivity contribution < 1.29 is 19.1 Å². The monoisotopic (exact) mass is 391 g/mol. The predicted molar refractivity (Wildman–Crippen MR) is 111 cm³/mol. The van der Waals surface area contributed by atoms with E-state index < -0.39 is 5.97 Å². The number of hydrogen-bond acceptors (Lipinski definition) is 6. The summed E-state index contributed by atoms with van der Waals surface area (Å²) in [6.45, 7) is 2.06. The van der Waals surface area contributed by atoms with E-state index in [9.17, 15) is 9.59 Å². The van der Waals surface area contributed by atoms with Crippen LogP contribution in [-0.4, -0.2) is 30.6 Å². The molecule has 29 heavy (non-hydrogen) atoms. The number of nitrogens with one attached hydrogen (secondary N) is 2. The Morgan fingerprint density at radius 2 is 1.76 bits per heavy atom. The molecule has 0 atom stereocenters. The molecule has 0 fully saturated rings. The molecule has 0 saturated heterocycles. The lowest BCUT2D eigenvalue weighted by Gasteiger charge is -2.10. The van der Waals surface area contributed by atoms with Crippen LogP contribution in [-0.2, 0) is 4.74 Å². The summed E-state index contributed by atoms with van der Waals surface area (Å²) >= 11 is 0. The van der Waals surface area contributed by atoms with Gasteiger partial charge in [-0.3, -0.25) is 4.79 Å². The molecule has 7 nitrogen and oxygen atoms in total. The summed E-state index contributed by atoms with van der Waals surface area (Å²) in [6, 6.07) is 17.2. The van der Waals surface area contributed by atoms with Gasteiger partial charge in [0.1, 0.15) is 11.6 Å². The second-order valence-corrected chi connectivity index (χ2v) is 6.04. The fourth-order valence-electron chi connectivity index (χ4n) is 2.60. The van der Waals surface area contributed by atoms with Gasteiger partial charge in [0.05, 0.1) is 19.3 Å². The van der Waals surface area contributed by atoms with Gasteiger partial charge < -0.3 is 20.1 Å². The zero-order valence-corrected chi connectivity index (χ0v) is 16.1. The van der Waals surface area contributed by atoms with E-state index in [0.717, 1.165) is 11.4 Å². The van der Waals surface area contributed by atoms with Gasteiger partial charge in [0.25, 0.3) is 5.91 Å². The van der Waals surface area contributed by atoms with Crippen LogP contribution in [0.25, 0.3) is 0 Å². The smallest absolute Gasteiger partial charge is 0.338 e. The highest BCUT2D eigenvalue weighted by molar-refractivity contribution is 6.04. The highest BCUT2D eigenvalue weighted by Crippen LogP contribution is 2.21. The largest absolute Gasteiger partial charge is 0.497 e. The molecule has 7 heteroatoms. The molecule has 0 aliphatic rings. The molecule has 1 amide bonds. The van der Waals surface area contributed by atoms with Crippen LogP contribution in [0.2, 0.25) is 0 Å². The molecule has 0 aliphatic carbocycles. The summed E-state index contributed by atoms with van der Waals surface area (Å²) < 4.78 is 10.2. The Balaban J connectivity index is 1.68. The SMILES string of the molecule is CCOC(=O)c1ccc(NC(=O)c2ccnc(Nc3cccc(OC)c3)c2)cc1. The van der Waals surface area contributed by atoms with Crippen LogP contribution in [0, 0.1) is 0 Å². The lowest BCUT2D eigenvalue weighted by Crippen LogP contribution is -2.12. The molecule has 148 valence electrons. The molecular weight excluding hydrogens is 370 g/mol. The number of ether oxygens (including phenoxy) is 2. The molecule has 0 saturated carbocycles. The van der Waals surface area contributed by atoms with Crippen molar-refractivity contribution in [1.29, 1.82) is 0 Å². The van der Waals surface area contributed by atoms with Gasteiger partial charge in [-0.2, -0.15) is 0 Å². The molecular formula is C22H21N3O4. The van der Waals surface area contributed by atoms with Gasteiger partial charge in [0, 0.05) is 29.2 Å². The van der Waals surface area contributed by atoms with E-state index in [1.54, 1.807) is 56.6 Å². The number of nitrogens with zero attached hydrogens (tertiary/aromatic N) is 1. The minimum atomic E-state index is -0.396. The van der Waals surface area contributed by atoms with Gasteiger partial charge in [0.2, 0.25) is 0 Å². The van der Waals surface area contributed by atoms with Crippen LogP contribution in [0.5, 0.6) is 5.75 Å². The third-order valence-corrected chi connectivity index (χ3v) is 4.02. The van der Waals surface area contributed by atoms with Gasteiger partial charge >= 0.3 is 5.97 Å². The summed E-state index contributed by atoms with van der Waals surface area (Å²) in [5.41, 5.74) is 2.24. The van der Waals surface area contributed by atoms with Gasteiger partial charge in [-0.1, -0.05) is 6.07 Å². The molecule has 2 aromatic carbocycles. The predicted octanol–water partition coefficient (Wildman–Crippen LogP) is 4.26. The number of carbonyl (C=O) groups excluding carboxylic acids is 2. The fraction of sp³-hybridized carbons (Fsp3) is 0.136. The molecule has 3 aromatic rings. The number of amides is 1. The number of carbonyl (C=O) groups is 2. The van der Waals surface area contributed by atoms with Crippen molar-refractivity contribution in [1.82, 2.24) is 4.98 Å². The minimum Gasteiger partial charge on any atom is -0.497 e. The average Bonchev–Trinajstić information content (AvgIpc) is 2.74. The zero-order chi connectivity index (χ0) is 20.6. The van der Waals surface area contributed by atoms with Crippen molar-refractivity contribution in [3.8, 4) is 5.75 Å².